The van der Waals surface area contributed by atoms with Gasteiger partial charge >= 0.3 is 0 Å². The van der Waals surface area contributed by atoms with Crippen LogP contribution in [0.15, 0.2) is 24.3 Å². The molecule has 3 nitrogen and oxygen atoms in total. The molecule has 0 bridgehead atoms. The second kappa shape index (κ2) is 7.81. The number of amides is 1. The summed E-state index contributed by atoms with van der Waals surface area (Å²) >= 11 is 0. The predicted octanol–water partition coefficient (Wildman–Crippen LogP) is 3.25. The Labute approximate surface area is 133 Å². The largest absolute Gasteiger partial charge is 0.349 e. The molecule has 0 radical (unpaired) electrons. The summed E-state index contributed by atoms with van der Waals surface area (Å²) in [5.74, 6) is 0.747. The number of carbonyl (C=O) groups excluding carboxylic acids is 1. The molecule has 1 aliphatic carbocycles. The van der Waals surface area contributed by atoms with E-state index in [2.05, 4.69) is 22.8 Å². The fourth-order valence-electron chi connectivity index (χ4n) is 3.40. The van der Waals surface area contributed by atoms with Gasteiger partial charge in [0, 0.05) is 11.6 Å². The van der Waals surface area contributed by atoms with Gasteiger partial charge in [0.2, 0.25) is 0 Å². The van der Waals surface area contributed by atoms with E-state index in [0.29, 0.717) is 12.0 Å². The van der Waals surface area contributed by atoms with Crippen LogP contribution in [0.1, 0.15) is 60.4 Å². The lowest BCUT2D eigenvalue weighted by atomic mass is 9.90. The normalized spacial score (nSPS) is 20.0. The highest BCUT2D eigenvalue weighted by molar-refractivity contribution is 5.94. The van der Waals surface area contributed by atoms with Crippen LogP contribution >= 0.6 is 12.4 Å². The third-order valence-corrected chi connectivity index (χ3v) is 4.67. The lowest BCUT2D eigenvalue weighted by Crippen LogP contribution is -2.32. The quantitative estimate of drug-likeness (QED) is 0.900. The van der Waals surface area contributed by atoms with Gasteiger partial charge in [-0.1, -0.05) is 25.0 Å². The zero-order valence-corrected chi connectivity index (χ0v) is 13.3. The Kier molecular flexibility index (Phi) is 6.07. The van der Waals surface area contributed by atoms with E-state index in [1.165, 1.54) is 31.2 Å². The van der Waals surface area contributed by atoms with Crippen LogP contribution < -0.4 is 10.6 Å². The number of halogens is 1. The highest BCUT2D eigenvalue weighted by Crippen LogP contribution is 2.25. The molecular formula is C17H25ClN2O. The molecule has 1 amide bonds. The molecular weight excluding hydrogens is 284 g/mol. The van der Waals surface area contributed by atoms with E-state index in [4.69, 9.17) is 0 Å². The summed E-state index contributed by atoms with van der Waals surface area (Å²) in [6.45, 7) is 2.21. The molecule has 2 N–H and O–H groups in total. The van der Waals surface area contributed by atoms with Gasteiger partial charge in [-0.2, -0.15) is 0 Å². The Morgan fingerprint density at radius 1 is 1.00 bits per heavy atom. The SMILES string of the molecule is Cl.O=C(NC1CCCC1)c1ccc(C2CCNCC2)cc1. The van der Waals surface area contributed by atoms with Gasteiger partial charge in [-0.25, -0.2) is 0 Å². The molecule has 3 rings (SSSR count). The van der Waals surface area contributed by atoms with E-state index >= 15 is 0 Å². The minimum atomic E-state index is 0. The monoisotopic (exact) mass is 308 g/mol. The van der Waals surface area contributed by atoms with Crippen LogP contribution in [-0.4, -0.2) is 25.0 Å². The zero-order chi connectivity index (χ0) is 13.8. The van der Waals surface area contributed by atoms with Crippen molar-refractivity contribution in [3.8, 4) is 0 Å². The smallest absolute Gasteiger partial charge is 0.251 e. The van der Waals surface area contributed by atoms with E-state index in [1.807, 2.05) is 12.1 Å². The van der Waals surface area contributed by atoms with Crippen molar-refractivity contribution in [3.05, 3.63) is 35.4 Å². The van der Waals surface area contributed by atoms with E-state index in [-0.39, 0.29) is 18.3 Å². The Hall–Kier alpha value is -1.06. The Morgan fingerprint density at radius 2 is 1.62 bits per heavy atom. The van der Waals surface area contributed by atoms with E-state index in [0.717, 1.165) is 31.5 Å². The molecule has 1 aliphatic heterocycles. The fourth-order valence-corrected chi connectivity index (χ4v) is 3.40. The average molecular weight is 309 g/mol. The first-order valence-electron chi connectivity index (χ1n) is 7.94. The first kappa shape index (κ1) is 16.3. The lowest BCUT2D eigenvalue weighted by Gasteiger charge is -2.23. The van der Waals surface area contributed by atoms with Gasteiger partial charge in [0.25, 0.3) is 5.91 Å². The van der Waals surface area contributed by atoms with Gasteiger partial charge < -0.3 is 10.6 Å². The molecule has 1 saturated heterocycles. The van der Waals surface area contributed by atoms with Crippen LogP contribution in [0.4, 0.5) is 0 Å². The van der Waals surface area contributed by atoms with Gasteiger partial charge in [0.05, 0.1) is 0 Å². The van der Waals surface area contributed by atoms with Crippen molar-refractivity contribution in [1.29, 1.82) is 0 Å². The van der Waals surface area contributed by atoms with Gasteiger partial charge in [-0.15, -0.1) is 12.4 Å². The van der Waals surface area contributed by atoms with Crippen molar-refractivity contribution >= 4 is 18.3 Å². The summed E-state index contributed by atoms with van der Waals surface area (Å²) in [5.41, 5.74) is 2.18. The highest BCUT2D eigenvalue weighted by Gasteiger charge is 2.19. The molecule has 2 fully saturated rings. The number of hydrogen-bond acceptors (Lipinski definition) is 2. The van der Waals surface area contributed by atoms with E-state index in [9.17, 15) is 4.79 Å². The number of piperidine rings is 1. The van der Waals surface area contributed by atoms with Crippen LogP contribution in [0.25, 0.3) is 0 Å². The summed E-state index contributed by atoms with van der Waals surface area (Å²) < 4.78 is 0. The average Bonchev–Trinajstić information content (AvgIpc) is 3.01. The Morgan fingerprint density at radius 3 is 2.24 bits per heavy atom. The van der Waals surface area contributed by atoms with Crippen molar-refractivity contribution in [2.24, 2.45) is 0 Å². The molecule has 116 valence electrons. The molecule has 1 heterocycles. The van der Waals surface area contributed by atoms with Crippen LogP contribution in [0.3, 0.4) is 0 Å². The Bertz CT molecular complexity index is 448. The zero-order valence-electron chi connectivity index (χ0n) is 12.4. The molecule has 2 aliphatic rings. The molecule has 1 aromatic rings. The minimum Gasteiger partial charge on any atom is -0.349 e. The highest BCUT2D eigenvalue weighted by atomic mass is 35.5. The number of rotatable bonds is 3. The molecule has 1 saturated carbocycles. The molecule has 0 unspecified atom stereocenters. The number of carbonyl (C=O) groups is 1. The number of nitrogens with one attached hydrogen (secondary N) is 2. The maximum absolute atomic E-state index is 12.2. The maximum Gasteiger partial charge on any atom is 0.251 e. The summed E-state index contributed by atoms with van der Waals surface area (Å²) in [7, 11) is 0. The summed E-state index contributed by atoms with van der Waals surface area (Å²) in [4.78, 5) is 12.2. The van der Waals surface area contributed by atoms with Gasteiger partial charge in [0.15, 0.2) is 0 Å². The van der Waals surface area contributed by atoms with Crippen molar-refractivity contribution in [1.82, 2.24) is 10.6 Å². The van der Waals surface area contributed by atoms with Crippen LogP contribution in [0.2, 0.25) is 0 Å². The minimum absolute atomic E-state index is 0. The second-order valence-corrected chi connectivity index (χ2v) is 6.10. The van der Waals surface area contributed by atoms with Gasteiger partial charge in [0.1, 0.15) is 0 Å². The third kappa shape index (κ3) is 4.21. The van der Waals surface area contributed by atoms with Crippen molar-refractivity contribution in [2.45, 2.75) is 50.5 Å². The first-order valence-corrected chi connectivity index (χ1v) is 7.94. The molecule has 1 aromatic carbocycles. The van der Waals surface area contributed by atoms with Crippen molar-refractivity contribution < 1.29 is 4.79 Å². The molecule has 0 spiro atoms. The molecule has 21 heavy (non-hydrogen) atoms. The van der Waals surface area contributed by atoms with Gasteiger partial charge in [-0.05, 0) is 62.4 Å². The lowest BCUT2D eigenvalue weighted by molar-refractivity contribution is 0.0938. The third-order valence-electron chi connectivity index (χ3n) is 4.67. The van der Waals surface area contributed by atoms with Crippen LogP contribution in [-0.2, 0) is 0 Å². The summed E-state index contributed by atoms with van der Waals surface area (Å²) in [6, 6.07) is 8.65. The summed E-state index contributed by atoms with van der Waals surface area (Å²) in [5, 5.41) is 6.54. The topological polar surface area (TPSA) is 41.1 Å². The number of hydrogen-bond donors (Lipinski definition) is 2. The maximum atomic E-state index is 12.2. The van der Waals surface area contributed by atoms with Crippen molar-refractivity contribution in [2.75, 3.05) is 13.1 Å². The Balaban J connectivity index is 0.00000161. The molecule has 4 heteroatoms. The van der Waals surface area contributed by atoms with E-state index < -0.39 is 0 Å². The molecule has 0 aromatic heterocycles. The van der Waals surface area contributed by atoms with Crippen LogP contribution in [0, 0.1) is 0 Å². The predicted molar refractivity (Wildman–Crippen MR) is 88.3 cm³/mol. The van der Waals surface area contributed by atoms with E-state index in [1.54, 1.807) is 0 Å². The van der Waals surface area contributed by atoms with Gasteiger partial charge in [-0.3, -0.25) is 4.79 Å². The fraction of sp³-hybridized carbons (Fsp3) is 0.588. The first-order chi connectivity index (χ1) is 9.83. The molecule has 0 atom stereocenters. The second-order valence-electron chi connectivity index (χ2n) is 6.10. The standard InChI is InChI=1S/C17H24N2O.ClH/c20-17(19-16-3-1-2-4-16)15-7-5-13(6-8-15)14-9-11-18-12-10-14;/h5-8,14,16,18H,1-4,9-12H2,(H,19,20);1H. The van der Waals surface area contributed by atoms with Crippen LogP contribution in [0.5, 0.6) is 0 Å². The summed E-state index contributed by atoms with van der Waals surface area (Å²) in [6.07, 6.45) is 7.18. The number of benzene rings is 1. The van der Waals surface area contributed by atoms with Crippen molar-refractivity contribution in [3.63, 3.8) is 0 Å².